The predicted molar refractivity (Wildman–Crippen MR) is 70.1 cm³/mol. The molecule has 4 nitrogen and oxygen atoms in total. The van der Waals surface area contributed by atoms with Gasteiger partial charge in [0.15, 0.2) is 0 Å². The summed E-state index contributed by atoms with van der Waals surface area (Å²) in [4.78, 5) is 4.99. The highest BCUT2D eigenvalue weighted by Crippen LogP contribution is 2.30. The Hall–Kier alpha value is -0.160. The largest absolute Gasteiger partial charge is 0.376 e. The predicted octanol–water partition coefficient (Wildman–Crippen LogP) is 0.520. The van der Waals surface area contributed by atoms with Crippen LogP contribution in [0.15, 0.2) is 0 Å². The molecular weight excluding hydrogens is 214 g/mol. The maximum Gasteiger partial charge on any atom is 0.0743 e. The Kier molecular flexibility index (Phi) is 4.42. The Morgan fingerprint density at radius 3 is 2.65 bits per heavy atom. The van der Waals surface area contributed by atoms with Crippen molar-refractivity contribution < 1.29 is 4.74 Å². The van der Waals surface area contributed by atoms with E-state index in [1.165, 1.54) is 32.5 Å². The zero-order valence-corrected chi connectivity index (χ0v) is 11.3. The van der Waals surface area contributed by atoms with Gasteiger partial charge in [0.25, 0.3) is 0 Å². The molecule has 2 N–H and O–H groups in total. The summed E-state index contributed by atoms with van der Waals surface area (Å²) in [7, 11) is 2.20. The standard InChI is InChI=1S/C13H27N3O/c1-12-13(11-14,5-10-17-12)15(2)8-9-16-6-3-4-7-16/h12H,3-11,14H2,1-2H3. The lowest BCUT2D eigenvalue weighted by molar-refractivity contribution is 0.0250. The van der Waals surface area contributed by atoms with E-state index in [-0.39, 0.29) is 11.6 Å². The van der Waals surface area contributed by atoms with Crippen molar-refractivity contribution in [3.05, 3.63) is 0 Å². The molecule has 100 valence electrons. The lowest BCUT2D eigenvalue weighted by atomic mass is 9.90. The van der Waals surface area contributed by atoms with E-state index in [9.17, 15) is 0 Å². The van der Waals surface area contributed by atoms with Gasteiger partial charge in [-0.25, -0.2) is 0 Å². The van der Waals surface area contributed by atoms with Gasteiger partial charge >= 0.3 is 0 Å². The smallest absolute Gasteiger partial charge is 0.0743 e. The average molecular weight is 241 g/mol. The van der Waals surface area contributed by atoms with Crippen molar-refractivity contribution in [2.24, 2.45) is 5.73 Å². The van der Waals surface area contributed by atoms with Crippen molar-refractivity contribution in [2.45, 2.75) is 37.8 Å². The number of rotatable bonds is 5. The Morgan fingerprint density at radius 1 is 1.41 bits per heavy atom. The van der Waals surface area contributed by atoms with Crippen LogP contribution < -0.4 is 5.73 Å². The van der Waals surface area contributed by atoms with Crippen molar-refractivity contribution in [3.63, 3.8) is 0 Å². The van der Waals surface area contributed by atoms with E-state index < -0.39 is 0 Å². The molecular formula is C13H27N3O. The highest BCUT2D eigenvalue weighted by molar-refractivity contribution is 4.99. The number of likely N-dealkylation sites (tertiary alicyclic amines) is 1. The van der Waals surface area contributed by atoms with E-state index in [1.54, 1.807) is 0 Å². The first-order valence-corrected chi connectivity index (χ1v) is 6.94. The van der Waals surface area contributed by atoms with E-state index in [0.29, 0.717) is 6.54 Å². The van der Waals surface area contributed by atoms with Crippen molar-refractivity contribution in [3.8, 4) is 0 Å². The van der Waals surface area contributed by atoms with Gasteiger partial charge in [0, 0.05) is 26.2 Å². The molecule has 0 bridgehead atoms. The fraction of sp³-hybridized carbons (Fsp3) is 1.00. The van der Waals surface area contributed by atoms with Crippen LogP contribution in [0.25, 0.3) is 0 Å². The molecule has 0 saturated carbocycles. The maximum atomic E-state index is 6.01. The van der Waals surface area contributed by atoms with Crippen LogP contribution in [0.5, 0.6) is 0 Å². The third-order valence-electron chi connectivity index (χ3n) is 4.72. The molecule has 4 heteroatoms. The zero-order valence-electron chi connectivity index (χ0n) is 11.3. The summed E-state index contributed by atoms with van der Waals surface area (Å²) in [6, 6.07) is 0. The molecule has 0 aromatic carbocycles. The number of likely N-dealkylation sites (N-methyl/N-ethyl adjacent to an activating group) is 1. The van der Waals surface area contributed by atoms with Gasteiger partial charge in [-0.05, 0) is 46.3 Å². The van der Waals surface area contributed by atoms with E-state index in [1.807, 2.05) is 0 Å². The van der Waals surface area contributed by atoms with Gasteiger partial charge in [-0.15, -0.1) is 0 Å². The van der Waals surface area contributed by atoms with Crippen LogP contribution in [-0.4, -0.2) is 67.8 Å². The molecule has 2 aliphatic rings. The van der Waals surface area contributed by atoms with Crippen LogP contribution >= 0.6 is 0 Å². The minimum Gasteiger partial charge on any atom is -0.376 e. The van der Waals surface area contributed by atoms with E-state index in [2.05, 4.69) is 23.8 Å². The Labute approximate surface area is 105 Å². The van der Waals surface area contributed by atoms with Gasteiger partial charge in [-0.3, -0.25) is 4.90 Å². The molecule has 0 spiro atoms. The van der Waals surface area contributed by atoms with Crippen LogP contribution in [0.4, 0.5) is 0 Å². The van der Waals surface area contributed by atoms with Crippen molar-refractivity contribution in [1.82, 2.24) is 9.80 Å². The third-order valence-corrected chi connectivity index (χ3v) is 4.72. The first-order valence-electron chi connectivity index (χ1n) is 6.94. The molecule has 0 aliphatic carbocycles. The van der Waals surface area contributed by atoms with Crippen LogP contribution in [0.3, 0.4) is 0 Å². The fourth-order valence-electron chi connectivity index (χ4n) is 3.22. The summed E-state index contributed by atoms with van der Waals surface area (Å²) in [5.74, 6) is 0. The molecule has 17 heavy (non-hydrogen) atoms. The van der Waals surface area contributed by atoms with Crippen molar-refractivity contribution >= 4 is 0 Å². The normalized spacial score (nSPS) is 34.9. The topological polar surface area (TPSA) is 41.7 Å². The monoisotopic (exact) mass is 241 g/mol. The minimum atomic E-state index is 0.0692. The second-order valence-corrected chi connectivity index (χ2v) is 5.54. The van der Waals surface area contributed by atoms with Gasteiger partial charge in [-0.2, -0.15) is 0 Å². The van der Waals surface area contributed by atoms with Crippen molar-refractivity contribution in [1.29, 1.82) is 0 Å². The van der Waals surface area contributed by atoms with Crippen LogP contribution in [0.1, 0.15) is 26.2 Å². The van der Waals surface area contributed by atoms with E-state index in [4.69, 9.17) is 10.5 Å². The molecule has 2 aliphatic heterocycles. The first-order chi connectivity index (χ1) is 8.19. The fourth-order valence-corrected chi connectivity index (χ4v) is 3.22. The van der Waals surface area contributed by atoms with Crippen LogP contribution in [0.2, 0.25) is 0 Å². The molecule has 2 atom stereocenters. The molecule has 2 saturated heterocycles. The van der Waals surface area contributed by atoms with Gasteiger partial charge < -0.3 is 15.4 Å². The summed E-state index contributed by atoms with van der Waals surface area (Å²) < 4.78 is 5.72. The molecule has 2 unspecified atom stereocenters. The highest BCUT2D eigenvalue weighted by atomic mass is 16.5. The van der Waals surface area contributed by atoms with E-state index in [0.717, 1.165) is 19.6 Å². The summed E-state index contributed by atoms with van der Waals surface area (Å²) in [5.41, 5.74) is 6.08. The van der Waals surface area contributed by atoms with E-state index >= 15 is 0 Å². The average Bonchev–Trinajstić information content (AvgIpc) is 2.95. The first kappa shape index (κ1) is 13.3. The molecule has 0 aromatic heterocycles. The zero-order chi connectivity index (χ0) is 12.3. The highest BCUT2D eigenvalue weighted by Gasteiger charge is 2.43. The number of hydrogen-bond donors (Lipinski definition) is 1. The Balaban J connectivity index is 1.86. The lowest BCUT2D eigenvalue weighted by Gasteiger charge is -2.40. The second-order valence-electron chi connectivity index (χ2n) is 5.54. The molecule has 0 amide bonds. The van der Waals surface area contributed by atoms with Gasteiger partial charge in [-0.1, -0.05) is 0 Å². The molecule has 2 heterocycles. The third kappa shape index (κ3) is 2.65. The SMILES string of the molecule is CC1OCCC1(CN)N(C)CCN1CCCC1. The van der Waals surface area contributed by atoms with Gasteiger partial charge in [0.2, 0.25) is 0 Å². The summed E-state index contributed by atoms with van der Waals surface area (Å²) in [6.07, 6.45) is 4.06. The summed E-state index contributed by atoms with van der Waals surface area (Å²) >= 11 is 0. The second kappa shape index (κ2) is 5.65. The van der Waals surface area contributed by atoms with Crippen molar-refractivity contribution in [2.75, 3.05) is 46.4 Å². The minimum absolute atomic E-state index is 0.0692. The van der Waals surface area contributed by atoms with Crippen LogP contribution in [0, 0.1) is 0 Å². The Bertz CT molecular complexity index is 243. The summed E-state index contributed by atoms with van der Waals surface area (Å²) in [5, 5.41) is 0. The maximum absolute atomic E-state index is 6.01. The van der Waals surface area contributed by atoms with Gasteiger partial charge in [0.1, 0.15) is 0 Å². The van der Waals surface area contributed by atoms with Gasteiger partial charge in [0.05, 0.1) is 11.6 Å². The molecule has 0 radical (unpaired) electrons. The van der Waals surface area contributed by atoms with Crippen LogP contribution in [-0.2, 0) is 4.74 Å². The molecule has 2 rings (SSSR count). The Morgan fingerprint density at radius 2 is 2.12 bits per heavy atom. The molecule has 0 aromatic rings. The quantitative estimate of drug-likeness (QED) is 0.762. The number of ether oxygens (including phenoxy) is 1. The number of nitrogens with zero attached hydrogens (tertiary/aromatic N) is 2. The lowest BCUT2D eigenvalue weighted by Crippen LogP contribution is -2.57. The summed E-state index contributed by atoms with van der Waals surface area (Å²) in [6.45, 7) is 8.53. The number of nitrogens with two attached hydrogens (primary N) is 1. The number of hydrogen-bond acceptors (Lipinski definition) is 4. The molecule has 2 fully saturated rings.